The van der Waals surface area contributed by atoms with Gasteiger partial charge in [0.05, 0.1) is 22.3 Å². The molecule has 2 heterocycles. The van der Waals surface area contributed by atoms with Gasteiger partial charge in [0.15, 0.2) is 0 Å². The van der Waals surface area contributed by atoms with Crippen LogP contribution in [0.2, 0.25) is 0 Å². The van der Waals surface area contributed by atoms with Crippen molar-refractivity contribution in [2.24, 2.45) is 17.8 Å². The smallest absolute Gasteiger partial charge is 0.261 e. The Morgan fingerprint density at radius 2 is 0.864 bits per heavy atom. The number of hydrogen-bond donors (Lipinski definition) is 0. The van der Waals surface area contributed by atoms with Gasteiger partial charge >= 0.3 is 0 Å². The van der Waals surface area contributed by atoms with Gasteiger partial charge in [0.1, 0.15) is 23.0 Å². The summed E-state index contributed by atoms with van der Waals surface area (Å²) >= 11 is 0. The normalized spacial score (nSPS) is 23.7. The zero-order valence-corrected chi connectivity index (χ0v) is 34.7. The van der Waals surface area contributed by atoms with Gasteiger partial charge in [0, 0.05) is 17.5 Å². The third-order valence-electron chi connectivity index (χ3n) is 14.3. The minimum absolute atomic E-state index is 0.0181. The Hall–Kier alpha value is -5.24. The van der Waals surface area contributed by atoms with Crippen LogP contribution in [0.3, 0.4) is 0 Å². The second-order valence-electron chi connectivity index (χ2n) is 18.6. The van der Waals surface area contributed by atoms with Crippen LogP contribution in [0.15, 0.2) is 84.9 Å². The van der Waals surface area contributed by atoms with Gasteiger partial charge in [-0.15, -0.1) is 0 Å². The van der Waals surface area contributed by atoms with Gasteiger partial charge in [0.2, 0.25) is 0 Å². The van der Waals surface area contributed by atoms with Crippen molar-refractivity contribution in [1.29, 1.82) is 0 Å². The molecule has 4 aromatic carbocycles. The predicted molar refractivity (Wildman–Crippen MR) is 227 cm³/mol. The fourth-order valence-electron chi connectivity index (χ4n) is 10.6. The standard InChI is InChI=1S/C51H56N2O6/c1-32-9-11-33(12-10-32)29-34-13-19-38(20-14-34)53-48(55)44-28-26-42(31-46(44)50(53)57)59-40-23-17-36(18-24-40)51(2,3)35-15-21-39(22-16-35)58-41-25-27-43-45(30-41)49(56)52(47(43)54)37-7-5-4-6-8-37/h15-18,21-28,30-34,37-38H,4-14,19-20,29H2,1-3H3. The van der Waals surface area contributed by atoms with Gasteiger partial charge in [-0.3, -0.25) is 29.0 Å². The summed E-state index contributed by atoms with van der Waals surface area (Å²) < 4.78 is 12.4. The molecule has 8 heteroatoms. The average Bonchev–Trinajstić information content (AvgIpc) is 3.65. The van der Waals surface area contributed by atoms with Gasteiger partial charge in [-0.2, -0.15) is 0 Å². The number of ether oxygens (including phenoxy) is 2. The first-order chi connectivity index (χ1) is 28.5. The maximum Gasteiger partial charge on any atom is 0.261 e. The highest BCUT2D eigenvalue weighted by molar-refractivity contribution is 6.22. The summed E-state index contributed by atoms with van der Waals surface area (Å²) in [4.78, 5) is 56.6. The number of nitrogens with zero attached hydrogens (tertiary/aromatic N) is 2. The van der Waals surface area contributed by atoms with Crippen LogP contribution in [0.25, 0.3) is 0 Å². The Morgan fingerprint density at radius 1 is 0.475 bits per heavy atom. The molecule has 8 nitrogen and oxygen atoms in total. The molecule has 59 heavy (non-hydrogen) atoms. The first-order valence-electron chi connectivity index (χ1n) is 22.1. The van der Waals surface area contributed by atoms with Gasteiger partial charge in [-0.25, -0.2) is 0 Å². The largest absolute Gasteiger partial charge is 0.457 e. The number of carbonyl (C=O) groups is 4. The molecule has 0 N–H and O–H groups in total. The summed E-state index contributed by atoms with van der Waals surface area (Å²) in [5, 5.41) is 0. The monoisotopic (exact) mass is 792 g/mol. The maximum atomic E-state index is 13.7. The van der Waals surface area contributed by atoms with Crippen molar-refractivity contribution < 1.29 is 28.7 Å². The summed E-state index contributed by atoms with van der Waals surface area (Å²) in [5.41, 5.74) is 3.61. The lowest BCUT2D eigenvalue weighted by Crippen LogP contribution is -2.42. The second-order valence-corrected chi connectivity index (χ2v) is 18.6. The molecule has 0 unspecified atom stereocenters. The van der Waals surface area contributed by atoms with E-state index in [9.17, 15) is 19.2 Å². The van der Waals surface area contributed by atoms with Gasteiger partial charge in [-0.1, -0.05) is 90.0 Å². The summed E-state index contributed by atoms with van der Waals surface area (Å²) in [6.45, 7) is 6.70. The zero-order chi connectivity index (χ0) is 40.8. The SMILES string of the molecule is CC1CCC(CC2CCC(N3C(=O)c4ccc(Oc5ccc(C(C)(C)c6ccc(Oc7ccc8c(c7)C(=O)N(C7CCCCC7)C8=O)cc6)cc5)cc4C3=O)CC2)CC1. The van der Waals surface area contributed by atoms with E-state index in [1.807, 2.05) is 48.5 Å². The van der Waals surface area contributed by atoms with E-state index >= 15 is 0 Å². The van der Waals surface area contributed by atoms with Crippen LogP contribution in [-0.4, -0.2) is 45.5 Å². The predicted octanol–water partition coefficient (Wildman–Crippen LogP) is 11.9. The van der Waals surface area contributed by atoms with Crippen molar-refractivity contribution in [2.75, 3.05) is 0 Å². The first kappa shape index (κ1) is 39.2. The highest BCUT2D eigenvalue weighted by Crippen LogP contribution is 2.41. The van der Waals surface area contributed by atoms with E-state index in [0.29, 0.717) is 51.2 Å². The topological polar surface area (TPSA) is 93.2 Å². The molecule has 4 amide bonds. The van der Waals surface area contributed by atoms with Gasteiger partial charge < -0.3 is 9.47 Å². The first-order valence-corrected chi connectivity index (χ1v) is 22.1. The Bertz CT molecular complexity index is 2240. The van der Waals surface area contributed by atoms with E-state index in [0.717, 1.165) is 80.8 Å². The van der Waals surface area contributed by atoms with Crippen LogP contribution in [0.5, 0.6) is 23.0 Å². The number of hydrogen-bond acceptors (Lipinski definition) is 6. The molecule has 306 valence electrons. The molecule has 0 saturated heterocycles. The van der Waals surface area contributed by atoms with Crippen molar-refractivity contribution >= 4 is 23.6 Å². The zero-order valence-electron chi connectivity index (χ0n) is 34.7. The molecule has 5 aliphatic rings. The molecule has 3 aliphatic carbocycles. The molecule has 0 aromatic heterocycles. The molecule has 0 radical (unpaired) electrons. The van der Waals surface area contributed by atoms with Crippen molar-refractivity contribution in [3.05, 3.63) is 118 Å². The number of imide groups is 2. The number of amides is 4. The van der Waals surface area contributed by atoms with E-state index in [2.05, 4.69) is 20.8 Å². The van der Waals surface area contributed by atoms with Crippen LogP contribution < -0.4 is 9.47 Å². The maximum absolute atomic E-state index is 13.7. The summed E-state index contributed by atoms with van der Waals surface area (Å²) in [7, 11) is 0. The molecular formula is C51H56N2O6. The lowest BCUT2D eigenvalue weighted by molar-refractivity contribution is 0.0514. The fourth-order valence-corrected chi connectivity index (χ4v) is 10.6. The number of benzene rings is 4. The summed E-state index contributed by atoms with van der Waals surface area (Å²) in [6.07, 6.45) is 15.7. The molecule has 0 bridgehead atoms. The third kappa shape index (κ3) is 7.71. The van der Waals surface area contributed by atoms with E-state index in [1.165, 1.54) is 41.9 Å². The molecule has 3 fully saturated rings. The highest BCUT2D eigenvalue weighted by Gasteiger charge is 2.42. The fraction of sp³-hybridized carbons (Fsp3) is 0.451. The number of fused-ring (bicyclic) bond motifs is 2. The second kappa shape index (κ2) is 16.1. The Kier molecular flexibility index (Phi) is 10.7. The van der Waals surface area contributed by atoms with E-state index in [-0.39, 0.29) is 41.1 Å². The summed E-state index contributed by atoms with van der Waals surface area (Å²) in [5.74, 6) is 3.96. The van der Waals surface area contributed by atoms with E-state index in [4.69, 9.17) is 9.47 Å². The molecule has 0 atom stereocenters. The lowest BCUT2D eigenvalue weighted by Gasteiger charge is -2.36. The molecule has 2 aliphatic heterocycles. The average molecular weight is 793 g/mol. The van der Waals surface area contributed by atoms with Crippen molar-refractivity contribution in [1.82, 2.24) is 9.80 Å². The van der Waals surface area contributed by atoms with Crippen molar-refractivity contribution in [3.63, 3.8) is 0 Å². The molecule has 4 aromatic rings. The third-order valence-corrected chi connectivity index (χ3v) is 14.3. The number of carbonyl (C=O) groups excluding carboxylic acids is 4. The Balaban J connectivity index is 0.804. The van der Waals surface area contributed by atoms with Crippen LogP contribution in [0.4, 0.5) is 0 Å². The molecule has 3 saturated carbocycles. The van der Waals surface area contributed by atoms with E-state index in [1.54, 1.807) is 36.4 Å². The minimum Gasteiger partial charge on any atom is -0.457 e. The molecule has 9 rings (SSSR count). The summed E-state index contributed by atoms with van der Waals surface area (Å²) in [6, 6.07) is 26.3. The van der Waals surface area contributed by atoms with Crippen molar-refractivity contribution in [2.45, 2.75) is 128 Å². The quantitative estimate of drug-likeness (QED) is 0.148. The Labute approximate surface area is 348 Å². The van der Waals surface area contributed by atoms with Crippen molar-refractivity contribution in [3.8, 4) is 23.0 Å². The van der Waals surface area contributed by atoms with Crippen LogP contribution in [-0.2, 0) is 5.41 Å². The van der Waals surface area contributed by atoms with Gasteiger partial charge in [0.25, 0.3) is 23.6 Å². The lowest BCUT2D eigenvalue weighted by atomic mass is 9.74. The molecular weight excluding hydrogens is 737 g/mol. The van der Waals surface area contributed by atoms with Crippen LogP contribution in [0.1, 0.15) is 163 Å². The highest BCUT2D eigenvalue weighted by atomic mass is 16.5. The molecule has 0 spiro atoms. The van der Waals surface area contributed by atoms with Crippen LogP contribution >= 0.6 is 0 Å². The van der Waals surface area contributed by atoms with Gasteiger partial charge in [-0.05, 0) is 134 Å². The number of rotatable bonds is 10. The minimum atomic E-state index is -0.336. The Morgan fingerprint density at radius 3 is 1.32 bits per heavy atom. The van der Waals surface area contributed by atoms with Crippen LogP contribution in [0, 0.1) is 17.8 Å². The van der Waals surface area contributed by atoms with E-state index < -0.39 is 0 Å².